The van der Waals surface area contributed by atoms with Crippen LogP contribution in [0.2, 0.25) is 0 Å². The zero-order chi connectivity index (χ0) is 15.5. The Morgan fingerprint density at radius 2 is 2.36 bits per heavy atom. The number of fused-ring (bicyclic) bond motifs is 1. The zero-order valence-electron chi connectivity index (χ0n) is 11.4. The van der Waals surface area contributed by atoms with Crippen LogP contribution in [0.4, 0.5) is 0 Å². The minimum Gasteiger partial charge on any atom is -0.466 e. The fourth-order valence-electron chi connectivity index (χ4n) is 2.14. The van der Waals surface area contributed by atoms with Gasteiger partial charge in [0, 0.05) is 12.4 Å². The molecule has 3 aromatic rings. The monoisotopic (exact) mass is 314 g/mol. The van der Waals surface area contributed by atoms with Crippen LogP contribution in [0.5, 0.6) is 0 Å². The minimum atomic E-state index is -0.856. The van der Waals surface area contributed by atoms with Crippen LogP contribution in [-0.4, -0.2) is 15.3 Å². The van der Waals surface area contributed by atoms with Gasteiger partial charge in [-0.1, -0.05) is 0 Å². The summed E-state index contributed by atoms with van der Waals surface area (Å²) in [7, 11) is 0. The zero-order valence-corrected chi connectivity index (χ0v) is 12.1. The quantitative estimate of drug-likeness (QED) is 0.750. The van der Waals surface area contributed by atoms with Gasteiger partial charge >= 0.3 is 0 Å². The number of nitrogens with one attached hydrogen (secondary N) is 1. The van der Waals surface area contributed by atoms with Gasteiger partial charge < -0.3 is 14.1 Å². The summed E-state index contributed by atoms with van der Waals surface area (Å²) in [6.07, 6.45) is 4.99. The van der Waals surface area contributed by atoms with Gasteiger partial charge in [0.2, 0.25) is 0 Å². The van der Waals surface area contributed by atoms with Crippen LogP contribution in [0.25, 0.3) is 5.65 Å². The Labute approximate surface area is 130 Å². The largest absolute Gasteiger partial charge is 0.466 e. The smallest absolute Gasteiger partial charge is 0.256 e. The first-order valence-corrected chi connectivity index (χ1v) is 7.03. The van der Waals surface area contributed by atoms with E-state index in [1.807, 2.05) is 6.07 Å². The highest BCUT2D eigenvalue weighted by molar-refractivity contribution is 6.16. The molecule has 0 aliphatic carbocycles. The van der Waals surface area contributed by atoms with Gasteiger partial charge in [-0.2, -0.15) is 5.26 Å². The first-order valence-electron chi connectivity index (χ1n) is 6.49. The first-order chi connectivity index (χ1) is 10.7. The second kappa shape index (κ2) is 5.92. The van der Waals surface area contributed by atoms with E-state index in [4.69, 9.17) is 16.0 Å². The highest BCUT2D eigenvalue weighted by atomic mass is 35.5. The molecular weight excluding hydrogens is 304 g/mol. The maximum Gasteiger partial charge on any atom is 0.256 e. The number of hydrogen-bond donors (Lipinski definition) is 1. The molecule has 0 aromatic carbocycles. The molecule has 0 saturated heterocycles. The van der Waals surface area contributed by atoms with E-state index in [2.05, 4.69) is 10.3 Å². The fraction of sp³-hybridized carbons (Fsp3) is 0.133. The first kappa shape index (κ1) is 14.2. The van der Waals surface area contributed by atoms with Crippen molar-refractivity contribution in [2.45, 2.75) is 11.9 Å². The van der Waals surface area contributed by atoms with E-state index in [1.54, 1.807) is 41.1 Å². The molecule has 0 saturated carbocycles. The summed E-state index contributed by atoms with van der Waals surface area (Å²) in [4.78, 5) is 16.7. The Balaban J connectivity index is 1.92. The van der Waals surface area contributed by atoms with Crippen LogP contribution in [-0.2, 0) is 5.88 Å². The summed E-state index contributed by atoms with van der Waals surface area (Å²) in [6.45, 7) is 0. The van der Waals surface area contributed by atoms with Crippen molar-refractivity contribution in [1.29, 1.82) is 5.26 Å². The number of amides is 1. The van der Waals surface area contributed by atoms with E-state index < -0.39 is 11.9 Å². The van der Waals surface area contributed by atoms with Crippen LogP contribution in [0.3, 0.4) is 0 Å². The number of rotatable bonds is 4. The standard InChI is InChI=1S/C15H11ClN4O2/c16-7-10-9-20-5-1-3-11(14(20)18-10)15(21)19-12(8-17)13-4-2-6-22-13/h1-6,9,12H,7H2,(H,19,21). The van der Waals surface area contributed by atoms with E-state index in [0.29, 0.717) is 22.7 Å². The number of carbonyl (C=O) groups excluding carboxylic acids is 1. The maximum atomic E-state index is 12.4. The van der Waals surface area contributed by atoms with Crippen molar-refractivity contribution in [2.24, 2.45) is 0 Å². The lowest BCUT2D eigenvalue weighted by molar-refractivity contribution is 0.0942. The molecule has 1 amide bonds. The lowest BCUT2D eigenvalue weighted by Crippen LogP contribution is -2.27. The van der Waals surface area contributed by atoms with Gasteiger partial charge in [-0.25, -0.2) is 4.98 Å². The number of furan rings is 1. The number of carbonyl (C=O) groups is 1. The van der Waals surface area contributed by atoms with Gasteiger partial charge in [0.05, 0.1) is 29.5 Å². The van der Waals surface area contributed by atoms with Crippen molar-refractivity contribution >= 4 is 23.2 Å². The number of imidazole rings is 1. The van der Waals surface area contributed by atoms with Crippen molar-refractivity contribution in [3.05, 3.63) is 59.9 Å². The lowest BCUT2D eigenvalue weighted by atomic mass is 10.2. The maximum absolute atomic E-state index is 12.4. The van der Waals surface area contributed by atoms with Gasteiger partial charge in [-0.05, 0) is 24.3 Å². The van der Waals surface area contributed by atoms with Gasteiger partial charge in [0.15, 0.2) is 6.04 Å². The average Bonchev–Trinajstić information content (AvgIpc) is 3.20. The molecule has 1 N–H and O–H groups in total. The van der Waals surface area contributed by atoms with Crippen LogP contribution >= 0.6 is 11.6 Å². The number of nitrogens with zero attached hydrogens (tertiary/aromatic N) is 3. The molecule has 1 unspecified atom stereocenters. The molecule has 22 heavy (non-hydrogen) atoms. The second-order valence-corrected chi connectivity index (χ2v) is 4.84. The molecule has 0 spiro atoms. The Morgan fingerprint density at radius 1 is 1.50 bits per heavy atom. The highest BCUT2D eigenvalue weighted by Crippen LogP contribution is 2.16. The predicted octanol–water partition coefficient (Wildman–Crippen LogP) is 2.66. The number of halogens is 1. The molecule has 1 atom stereocenters. The van der Waals surface area contributed by atoms with Gasteiger partial charge in [-0.15, -0.1) is 11.6 Å². The Kier molecular flexibility index (Phi) is 3.81. The molecule has 0 bridgehead atoms. The van der Waals surface area contributed by atoms with Crippen LogP contribution in [0, 0.1) is 11.3 Å². The van der Waals surface area contributed by atoms with Crippen molar-refractivity contribution in [2.75, 3.05) is 0 Å². The SMILES string of the molecule is N#CC(NC(=O)c1cccn2cc(CCl)nc12)c1ccco1. The number of pyridine rings is 1. The van der Waals surface area contributed by atoms with Gasteiger partial charge in [-0.3, -0.25) is 4.79 Å². The van der Waals surface area contributed by atoms with Crippen LogP contribution in [0.15, 0.2) is 47.3 Å². The molecule has 0 fully saturated rings. The Morgan fingerprint density at radius 3 is 3.05 bits per heavy atom. The van der Waals surface area contributed by atoms with Crippen LogP contribution in [0.1, 0.15) is 27.9 Å². The average molecular weight is 315 g/mol. The van der Waals surface area contributed by atoms with Gasteiger partial charge in [0.1, 0.15) is 11.4 Å². The summed E-state index contributed by atoms with van der Waals surface area (Å²) in [5, 5.41) is 11.8. The molecule has 0 aliphatic rings. The number of aromatic nitrogens is 2. The molecule has 0 radical (unpaired) electrons. The molecular formula is C15H11ClN4O2. The molecule has 3 rings (SSSR count). The van der Waals surface area contributed by atoms with Crippen molar-refractivity contribution in [1.82, 2.24) is 14.7 Å². The molecule has 3 heterocycles. The van der Waals surface area contributed by atoms with Crippen molar-refractivity contribution in [3.8, 4) is 6.07 Å². The molecule has 110 valence electrons. The second-order valence-electron chi connectivity index (χ2n) is 4.57. The lowest BCUT2D eigenvalue weighted by Gasteiger charge is -2.09. The summed E-state index contributed by atoms with van der Waals surface area (Å²) in [5.41, 5.74) is 1.53. The highest BCUT2D eigenvalue weighted by Gasteiger charge is 2.20. The third-order valence-electron chi connectivity index (χ3n) is 3.15. The predicted molar refractivity (Wildman–Crippen MR) is 79.3 cm³/mol. The summed E-state index contributed by atoms with van der Waals surface area (Å²) < 4.78 is 6.88. The van der Waals surface area contributed by atoms with Crippen LogP contribution < -0.4 is 5.32 Å². The van der Waals surface area contributed by atoms with E-state index in [-0.39, 0.29) is 5.88 Å². The van der Waals surface area contributed by atoms with E-state index in [0.717, 1.165) is 0 Å². The number of nitriles is 1. The minimum absolute atomic E-state index is 0.260. The van der Waals surface area contributed by atoms with Crippen molar-refractivity contribution < 1.29 is 9.21 Å². The number of alkyl halides is 1. The third-order valence-corrected chi connectivity index (χ3v) is 3.42. The molecule has 3 aromatic heterocycles. The Bertz CT molecular complexity index is 848. The fourth-order valence-corrected chi connectivity index (χ4v) is 2.27. The third kappa shape index (κ3) is 2.54. The van der Waals surface area contributed by atoms with E-state index in [9.17, 15) is 10.1 Å². The molecule has 0 aliphatic heterocycles. The number of hydrogen-bond acceptors (Lipinski definition) is 4. The molecule has 7 heteroatoms. The summed E-state index contributed by atoms with van der Waals surface area (Å²) >= 11 is 5.77. The normalized spacial score (nSPS) is 12.0. The van der Waals surface area contributed by atoms with Crippen molar-refractivity contribution in [3.63, 3.8) is 0 Å². The van der Waals surface area contributed by atoms with Gasteiger partial charge in [0.25, 0.3) is 5.91 Å². The topological polar surface area (TPSA) is 83.3 Å². The summed E-state index contributed by atoms with van der Waals surface area (Å²) in [5.74, 6) is 0.239. The Hall–Kier alpha value is -2.78. The van der Waals surface area contributed by atoms with E-state index >= 15 is 0 Å². The summed E-state index contributed by atoms with van der Waals surface area (Å²) in [6, 6.07) is 7.81. The van der Waals surface area contributed by atoms with E-state index in [1.165, 1.54) is 6.26 Å². The molecule has 6 nitrogen and oxygen atoms in total.